The number of nitriles is 1. The van der Waals surface area contributed by atoms with E-state index < -0.39 is 23.4 Å². The number of halogens is 3. The molecule has 0 atom stereocenters. The van der Waals surface area contributed by atoms with Crippen molar-refractivity contribution in [1.82, 2.24) is 4.90 Å². The first kappa shape index (κ1) is 20.4. The zero-order chi connectivity index (χ0) is 19.4. The van der Waals surface area contributed by atoms with Crippen LogP contribution in [-0.2, 0) is 4.79 Å². The summed E-state index contributed by atoms with van der Waals surface area (Å²) in [5.74, 6) is -2.36. The summed E-state index contributed by atoms with van der Waals surface area (Å²) in [4.78, 5) is 25.5. The zero-order valence-corrected chi connectivity index (χ0v) is 14.4. The number of nitrogens with zero attached hydrogens (tertiary/aromatic N) is 2. The van der Waals surface area contributed by atoms with Gasteiger partial charge in [0.2, 0.25) is 0 Å². The van der Waals surface area contributed by atoms with Crippen LogP contribution in [0.1, 0.15) is 43.6 Å². The van der Waals surface area contributed by atoms with Crippen LogP contribution in [0.15, 0.2) is 30.3 Å². The molecule has 0 fully saturated rings. The van der Waals surface area contributed by atoms with E-state index in [1.807, 2.05) is 27.7 Å². The molecular weight excluding hydrogens is 333 g/mol. The van der Waals surface area contributed by atoms with E-state index in [-0.39, 0.29) is 23.2 Å². The summed E-state index contributed by atoms with van der Waals surface area (Å²) in [7, 11) is 0. The molecule has 1 amide bonds. The Morgan fingerprint density at radius 1 is 1.04 bits per heavy atom. The maximum atomic E-state index is 12.8. The predicted molar refractivity (Wildman–Crippen MR) is 87.5 cm³/mol. The number of hydrogen-bond acceptors (Lipinski definition) is 3. The largest absolute Gasteiger partial charge is 0.454 e. The van der Waals surface area contributed by atoms with Crippen LogP contribution in [0.4, 0.5) is 13.2 Å². The van der Waals surface area contributed by atoms with Crippen molar-refractivity contribution in [2.24, 2.45) is 0 Å². The van der Waals surface area contributed by atoms with E-state index in [4.69, 9.17) is 5.26 Å². The second kappa shape index (κ2) is 7.97. The summed E-state index contributed by atoms with van der Waals surface area (Å²) in [5.41, 5.74) is -0.183. The van der Waals surface area contributed by atoms with Gasteiger partial charge >= 0.3 is 6.18 Å². The third-order valence-electron chi connectivity index (χ3n) is 3.50. The van der Waals surface area contributed by atoms with Gasteiger partial charge in [0, 0.05) is 23.7 Å². The van der Waals surface area contributed by atoms with Crippen LogP contribution in [0.5, 0.6) is 0 Å². The summed E-state index contributed by atoms with van der Waals surface area (Å²) < 4.78 is 37.4. The van der Waals surface area contributed by atoms with E-state index in [9.17, 15) is 22.8 Å². The molecule has 0 unspecified atom stereocenters. The molecule has 0 N–H and O–H groups in total. The fraction of sp³-hybridized carbons (Fsp3) is 0.389. The lowest BCUT2D eigenvalue weighted by atomic mass is 10.00. The molecule has 1 rings (SSSR count). The van der Waals surface area contributed by atoms with Gasteiger partial charge < -0.3 is 4.90 Å². The molecule has 0 spiro atoms. The normalized spacial score (nSPS) is 12.2. The van der Waals surface area contributed by atoms with Crippen molar-refractivity contribution in [2.75, 3.05) is 0 Å². The van der Waals surface area contributed by atoms with Gasteiger partial charge in [0.1, 0.15) is 0 Å². The molecule has 4 nitrogen and oxygen atoms in total. The minimum absolute atomic E-state index is 0.0657. The lowest BCUT2D eigenvalue weighted by Gasteiger charge is -2.31. The second-order valence-electron chi connectivity index (χ2n) is 5.99. The summed E-state index contributed by atoms with van der Waals surface area (Å²) in [6.07, 6.45) is -3.91. The molecule has 0 bridgehead atoms. The third kappa shape index (κ3) is 4.92. The second-order valence-corrected chi connectivity index (χ2v) is 5.99. The summed E-state index contributed by atoms with van der Waals surface area (Å²) in [5, 5.41) is 8.96. The fourth-order valence-electron chi connectivity index (χ4n) is 2.50. The standard InChI is InChI=1S/C18H19F3N2O2/c1-11(2)23(12(3)4)17(25)15(9-10-22)13-5-7-14(8-6-13)16(24)18(19,20)21/h5-9,11-12H,1-4H3/b15-9+. The van der Waals surface area contributed by atoms with E-state index in [2.05, 4.69) is 0 Å². The van der Waals surface area contributed by atoms with Gasteiger partial charge in [-0.15, -0.1) is 0 Å². The first-order valence-electron chi connectivity index (χ1n) is 7.65. The van der Waals surface area contributed by atoms with Crippen molar-refractivity contribution in [2.45, 2.75) is 46.0 Å². The zero-order valence-electron chi connectivity index (χ0n) is 14.4. The molecule has 134 valence electrons. The molecule has 7 heteroatoms. The molecule has 0 aliphatic rings. The van der Waals surface area contributed by atoms with E-state index in [0.717, 1.165) is 18.2 Å². The molecule has 1 aromatic carbocycles. The Labute approximate surface area is 144 Å². The highest BCUT2D eigenvalue weighted by atomic mass is 19.4. The van der Waals surface area contributed by atoms with E-state index in [1.54, 1.807) is 11.0 Å². The van der Waals surface area contributed by atoms with Crippen LogP contribution in [0, 0.1) is 11.3 Å². The number of Topliss-reactive ketones (excluding diaryl/α,β-unsaturated/α-hetero) is 1. The minimum atomic E-state index is -4.96. The van der Waals surface area contributed by atoms with Crippen LogP contribution in [0.25, 0.3) is 5.57 Å². The average molecular weight is 352 g/mol. The highest BCUT2D eigenvalue weighted by molar-refractivity contribution is 6.20. The quantitative estimate of drug-likeness (QED) is 0.457. The first-order chi connectivity index (χ1) is 11.5. The number of rotatable bonds is 5. The maximum Gasteiger partial charge on any atom is 0.454 e. The van der Waals surface area contributed by atoms with Crippen molar-refractivity contribution in [3.05, 3.63) is 41.5 Å². The highest BCUT2D eigenvalue weighted by Crippen LogP contribution is 2.24. The van der Waals surface area contributed by atoms with Gasteiger partial charge in [0.15, 0.2) is 0 Å². The van der Waals surface area contributed by atoms with Crippen molar-refractivity contribution in [3.63, 3.8) is 0 Å². The number of hydrogen-bond donors (Lipinski definition) is 0. The smallest absolute Gasteiger partial charge is 0.334 e. The average Bonchev–Trinajstić information content (AvgIpc) is 2.50. The Morgan fingerprint density at radius 3 is 1.84 bits per heavy atom. The van der Waals surface area contributed by atoms with Gasteiger partial charge in [0.05, 0.1) is 11.6 Å². The first-order valence-corrected chi connectivity index (χ1v) is 7.65. The molecule has 0 saturated heterocycles. The topological polar surface area (TPSA) is 61.2 Å². The van der Waals surface area contributed by atoms with Gasteiger partial charge in [-0.1, -0.05) is 24.3 Å². The van der Waals surface area contributed by atoms with Gasteiger partial charge in [-0.2, -0.15) is 18.4 Å². The number of allylic oxidation sites excluding steroid dienone is 1. The van der Waals surface area contributed by atoms with E-state index in [0.29, 0.717) is 0 Å². The number of benzene rings is 1. The molecule has 0 heterocycles. The van der Waals surface area contributed by atoms with Crippen LogP contribution < -0.4 is 0 Å². The minimum Gasteiger partial charge on any atom is -0.334 e. The van der Waals surface area contributed by atoms with Crippen LogP contribution in [0.3, 0.4) is 0 Å². The Kier molecular flexibility index (Phi) is 6.51. The summed E-state index contributed by atoms with van der Waals surface area (Å²) in [6, 6.07) is 6.00. The van der Waals surface area contributed by atoms with Gasteiger partial charge in [-0.25, -0.2) is 0 Å². The van der Waals surface area contributed by atoms with Crippen molar-refractivity contribution in [3.8, 4) is 6.07 Å². The highest BCUT2D eigenvalue weighted by Gasteiger charge is 2.39. The predicted octanol–water partition coefficient (Wildman–Crippen LogP) is 3.98. The molecule has 0 aliphatic carbocycles. The van der Waals surface area contributed by atoms with Crippen LogP contribution in [-0.4, -0.2) is 34.9 Å². The number of amides is 1. The Morgan fingerprint density at radius 2 is 1.48 bits per heavy atom. The van der Waals surface area contributed by atoms with Crippen molar-refractivity contribution < 1.29 is 22.8 Å². The number of carbonyl (C=O) groups excluding carboxylic acids is 2. The number of ketones is 1. The van der Waals surface area contributed by atoms with Gasteiger partial charge in [-0.05, 0) is 33.3 Å². The Hall–Kier alpha value is -2.62. The van der Waals surface area contributed by atoms with E-state index in [1.165, 1.54) is 12.1 Å². The van der Waals surface area contributed by atoms with Crippen LogP contribution >= 0.6 is 0 Å². The maximum absolute atomic E-state index is 12.8. The number of alkyl halides is 3. The Balaban J connectivity index is 3.26. The van der Waals surface area contributed by atoms with Crippen molar-refractivity contribution >= 4 is 17.3 Å². The molecule has 1 aromatic rings. The molecule has 0 radical (unpaired) electrons. The van der Waals surface area contributed by atoms with Crippen LogP contribution in [0.2, 0.25) is 0 Å². The summed E-state index contributed by atoms with van der Waals surface area (Å²) in [6.45, 7) is 7.31. The molecule has 0 saturated carbocycles. The third-order valence-corrected chi connectivity index (χ3v) is 3.50. The van der Waals surface area contributed by atoms with Gasteiger partial charge in [-0.3, -0.25) is 9.59 Å². The van der Waals surface area contributed by atoms with Gasteiger partial charge in [0.25, 0.3) is 11.7 Å². The Bertz CT molecular complexity index is 703. The monoisotopic (exact) mass is 352 g/mol. The SMILES string of the molecule is CC(C)N(C(=O)/C(=C/C#N)c1ccc(C(=O)C(F)(F)F)cc1)C(C)C. The number of carbonyl (C=O) groups is 2. The molecule has 25 heavy (non-hydrogen) atoms. The summed E-state index contributed by atoms with van der Waals surface area (Å²) >= 11 is 0. The fourth-order valence-corrected chi connectivity index (χ4v) is 2.50. The van der Waals surface area contributed by atoms with E-state index >= 15 is 0 Å². The molecular formula is C18H19F3N2O2. The molecule has 0 aliphatic heterocycles. The van der Waals surface area contributed by atoms with Crippen molar-refractivity contribution in [1.29, 1.82) is 5.26 Å². The lowest BCUT2D eigenvalue weighted by Crippen LogP contribution is -2.42. The molecule has 0 aromatic heterocycles. The lowest BCUT2D eigenvalue weighted by molar-refractivity contribution is -0.128.